The molecule has 124 valence electrons. The van der Waals surface area contributed by atoms with Crippen molar-refractivity contribution in [3.05, 3.63) is 70.6 Å². The number of rotatable bonds is 6. The van der Waals surface area contributed by atoms with E-state index in [0.717, 1.165) is 11.1 Å². The van der Waals surface area contributed by atoms with Crippen LogP contribution in [0.4, 0.5) is 4.39 Å². The van der Waals surface area contributed by atoms with Crippen LogP contribution in [0.2, 0.25) is 0 Å². The summed E-state index contributed by atoms with van der Waals surface area (Å²) in [5.41, 5.74) is 2.13. The number of para-hydroxylation sites is 1. The van der Waals surface area contributed by atoms with Crippen molar-refractivity contribution in [3.8, 4) is 0 Å². The Morgan fingerprint density at radius 2 is 2.00 bits per heavy atom. The minimum absolute atomic E-state index is 0.0222. The van der Waals surface area contributed by atoms with Gasteiger partial charge in [0.25, 0.3) is 0 Å². The minimum atomic E-state index is -0.276. The average molecular weight is 389 g/mol. The Kier molecular flexibility index (Phi) is 5.30. The largest absolute Gasteiger partial charge is 0.356 e. The standard InChI is InChI=1S/C19H18BrFN2O/c20-16-13-14(5-6-17(16)21)7-10-22-19(24)9-12-23-11-8-15-3-1-2-4-18(15)23/h1-6,8,11,13H,7,9-10,12H2,(H,22,24). The number of aryl methyl sites for hydroxylation is 1. The molecule has 0 spiro atoms. The highest BCUT2D eigenvalue weighted by molar-refractivity contribution is 9.10. The monoisotopic (exact) mass is 388 g/mol. The summed E-state index contributed by atoms with van der Waals surface area (Å²) in [7, 11) is 0. The van der Waals surface area contributed by atoms with Crippen LogP contribution in [0.15, 0.2) is 59.2 Å². The van der Waals surface area contributed by atoms with Crippen molar-refractivity contribution in [2.24, 2.45) is 0 Å². The predicted octanol–water partition coefficient (Wildman–Crippen LogP) is 4.29. The number of benzene rings is 2. The molecule has 3 nitrogen and oxygen atoms in total. The molecular formula is C19H18BrFN2O. The lowest BCUT2D eigenvalue weighted by atomic mass is 10.1. The van der Waals surface area contributed by atoms with Gasteiger partial charge in [0.1, 0.15) is 5.82 Å². The number of halogens is 2. The second-order valence-corrected chi connectivity index (χ2v) is 6.52. The Labute approximate surface area is 148 Å². The van der Waals surface area contributed by atoms with Crippen LogP contribution in [0.3, 0.4) is 0 Å². The second-order valence-electron chi connectivity index (χ2n) is 5.67. The van der Waals surface area contributed by atoms with Crippen LogP contribution in [-0.4, -0.2) is 17.0 Å². The molecule has 1 aromatic heterocycles. The van der Waals surface area contributed by atoms with Crippen LogP contribution in [0.5, 0.6) is 0 Å². The lowest BCUT2D eigenvalue weighted by Crippen LogP contribution is -2.26. The lowest BCUT2D eigenvalue weighted by molar-refractivity contribution is -0.121. The number of amides is 1. The van der Waals surface area contributed by atoms with Crippen molar-refractivity contribution in [2.75, 3.05) is 6.54 Å². The maximum absolute atomic E-state index is 13.2. The Hall–Kier alpha value is -2.14. The Morgan fingerprint density at radius 3 is 2.83 bits per heavy atom. The lowest BCUT2D eigenvalue weighted by Gasteiger charge is -2.08. The molecule has 0 fully saturated rings. The average Bonchev–Trinajstić information content (AvgIpc) is 2.99. The molecule has 24 heavy (non-hydrogen) atoms. The van der Waals surface area contributed by atoms with Gasteiger partial charge in [-0.15, -0.1) is 0 Å². The van der Waals surface area contributed by atoms with Gasteiger partial charge in [-0.3, -0.25) is 4.79 Å². The molecule has 3 rings (SSSR count). The summed E-state index contributed by atoms with van der Waals surface area (Å²) in [4.78, 5) is 12.0. The molecule has 0 bridgehead atoms. The van der Waals surface area contributed by atoms with Gasteiger partial charge in [0, 0.05) is 31.2 Å². The third-order valence-electron chi connectivity index (χ3n) is 3.98. The first-order valence-electron chi connectivity index (χ1n) is 7.88. The first-order valence-corrected chi connectivity index (χ1v) is 8.67. The molecule has 0 radical (unpaired) electrons. The third kappa shape index (κ3) is 4.03. The van der Waals surface area contributed by atoms with Gasteiger partial charge in [0.2, 0.25) is 5.91 Å². The summed E-state index contributed by atoms with van der Waals surface area (Å²) in [6, 6.07) is 15.1. The maximum atomic E-state index is 13.2. The highest BCUT2D eigenvalue weighted by Crippen LogP contribution is 2.17. The number of carbonyl (C=O) groups excluding carboxylic acids is 1. The fraction of sp³-hybridized carbons (Fsp3) is 0.211. The van der Waals surface area contributed by atoms with Crippen LogP contribution < -0.4 is 5.32 Å². The van der Waals surface area contributed by atoms with E-state index in [0.29, 0.717) is 30.4 Å². The molecule has 1 amide bonds. The Bertz CT molecular complexity index is 859. The van der Waals surface area contributed by atoms with Crippen LogP contribution in [-0.2, 0) is 17.8 Å². The van der Waals surface area contributed by atoms with E-state index >= 15 is 0 Å². The minimum Gasteiger partial charge on any atom is -0.356 e. The number of hydrogen-bond donors (Lipinski definition) is 1. The van der Waals surface area contributed by atoms with Crippen LogP contribution in [0.25, 0.3) is 10.9 Å². The topological polar surface area (TPSA) is 34.0 Å². The highest BCUT2D eigenvalue weighted by atomic mass is 79.9. The van der Waals surface area contributed by atoms with Crippen molar-refractivity contribution >= 4 is 32.7 Å². The molecule has 0 aliphatic rings. The molecule has 0 aliphatic heterocycles. The Morgan fingerprint density at radius 1 is 1.17 bits per heavy atom. The number of fused-ring (bicyclic) bond motifs is 1. The molecule has 0 unspecified atom stereocenters. The number of aromatic nitrogens is 1. The van der Waals surface area contributed by atoms with Gasteiger partial charge in [-0.25, -0.2) is 4.39 Å². The van der Waals surface area contributed by atoms with Gasteiger partial charge in [-0.05, 0) is 57.6 Å². The smallest absolute Gasteiger partial charge is 0.221 e. The van der Waals surface area contributed by atoms with Gasteiger partial charge in [0.05, 0.1) is 4.47 Å². The summed E-state index contributed by atoms with van der Waals surface area (Å²) in [6.07, 6.45) is 3.12. The number of nitrogens with one attached hydrogen (secondary N) is 1. The number of carbonyl (C=O) groups is 1. The van der Waals surface area contributed by atoms with E-state index in [9.17, 15) is 9.18 Å². The summed E-state index contributed by atoms with van der Waals surface area (Å²) in [5, 5.41) is 4.09. The van der Waals surface area contributed by atoms with Crippen molar-refractivity contribution in [2.45, 2.75) is 19.4 Å². The predicted molar refractivity (Wildman–Crippen MR) is 97.4 cm³/mol. The van der Waals surface area contributed by atoms with Gasteiger partial charge in [0.15, 0.2) is 0 Å². The van der Waals surface area contributed by atoms with Crippen LogP contribution in [0.1, 0.15) is 12.0 Å². The number of hydrogen-bond acceptors (Lipinski definition) is 1. The van der Waals surface area contributed by atoms with Crippen LogP contribution >= 0.6 is 15.9 Å². The molecule has 0 saturated carbocycles. The van der Waals surface area contributed by atoms with E-state index in [1.54, 1.807) is 12.1 Å². The molecule has 1 heterocycles. The van der Waals surface area contributed by atoms with E-state index in [-0.39, 0.29) is 11.7 Å². The zero-order valence-corrected chi connectivity index (χ0v) is 14.7. The summed E-state index contributed by atoms with van der Waals surface area (Å²) in [6.45, 7) is 1.20. The first-order chi connectivity index (χ1) is 11.6. The SMILES string of the molecule is O=C(CCn1ccc2ccccc21)NCCc1ccc(F)c(Br)c1. The van der Waals surface area contributed by atoms with Crippen molar-refractivity contribution in [1.82, 2.24) is 9.88 Å². The van der Waals surface area contributed by atoms with Crippen molar-refractivity contribution < 1.29 is 9.18 Å². The maximum Gasteiger partial charge on any atom is 0.221 e. The van der Waals surface area contributed by atoms with E-state index < -0.39 is 0 Å². The van der Waals surface area contributed by atoms with Gasteiger partial charge < -0.3 is 9.88 Å². The van der Waals surface area contributed by atoms with Gasteiger partial charge in [-0.1, -0.05) is 24.3 Å². The molecule has 0 saturated heterocycles. The van der Waals surface area contributed by atoms with Crippen molar-refractivity contribution in [3.63, 3.8) is 0 Å². The molecule has 5 heteroatoms. The van der Waals surface area contributed by atoms with E-state index in [1.165, 1.54) is 11.5 Å². The summed E-state index contributed by atoms with van der Waals surface area (Å²) < 4.78 is 15.7. The van der Waals surface area contributed by atoms with Crippen LogP contribution in [0, 0.1) is 5.82 Å². The van der Waals surface area contributed by atoms with Gasteiger partial charge in [-0.2, -0.15) is 0 Å². The molecule has 0 atom stereocenters. The fourth-order valence-corrected chi connectivity index (χ4v) is 3.11. The molecular weight excluding hydrogens is 371 g/mol. The summed E-state index contributed by atoms with van der Waals surface area (Å²) >= 11 is 3.17. The van der Waals surface area contributed by atoms with Crippen molar-refractivity contribution in [1.29, 1.82) is 0 Å². The first kappa shape index (κ1) is 16.7. The highest BCUT2D eigenvalue weighted by Gasteiger charge is 2.05. The third-order valence-corrected chi connectivity index (χ3v) is 4.59. The molecule has 0 aliphatic carbocycles. The van der Waals surface area contributed by atoms with Gasteiger partial charge >= 0.3 is 0 Å². The fourth-order valence-electron chi connectivity index (χ4n) is 2.69. The molecule has 2 aromatic carbocycles. The normalized spacial score (nSPS) is 10.9. The Balaban J connectivity index is 1.46. The quantitative estimate of drug-likeness (QED) is 0.671. The molecule has 3 aromatic rings. The van der Waals surface area contributed by atoms with E-state index in [2.05, 4.69) is 44.0 Å². The van der Waals surface area contributed by atoms with E-state index in [1.807, 2.05) is 18.3 Å². The molecule has 1 N–H and O–H groups in total. The summed E-state index contributed by atoms with van der Waals surface area (Å²) in [5.74, 6) is -0.254. The zero-order valence-electron chi connectivity index (χ0n) is 13.1. The number of nitrogens with zero attached hydrogens (tertiary/aromatic N) is 1. The zero-order chi connectivity index (χ0) is 16.9. The second kappa shape index (κ2) is 7.62. The van der Waals surface area contributed by atoms with E-state index in [4.69, 9.17) is 0 Å².